The molecule has 1 nitrogen and oxygen atoms in total. The summed E-state index contributed by atoms with van der Waals surface area (Å²) in [4.78, 5) is 0. The standard InChI is InChI=1S/C9H23NSi/c1-4-7-10(8-5-2)11-9-6-3/h4-9,11H2,1-3H3. The molecule has 2 heteroatoms. The minimum Gasteiger partial charge on any atom is -0.329 e. The van der Waals surface area contributed by atoms with E-state index in [-0.39, 0.29) is 9.68 Å². The highest BCUT2D eigenvalue weighted by molar-refractivity contribution is 6.31. The number of hydrogen-bond donors (Lipinski definition) is 0. The van der Waals surface area contributed by atoms with Gasteiger partial charge in [0, 0.05) is 0 Å². The Hall–Kier alpha value is 0.177. The zero-order chi connectivity index (χ0) is 8.53. The van der Waals surface area contributed by atoms with Crippen molar-refractivity contribution in [3.8, 4) is 0 Å². The van der Waals surface area contributed by atoms with Crippen LogP contribution < -0.4 is 0 Å². The molecule has 0 atom stereocenters. The van der Waals surface area contributed by atoms with E-state index in [0.717, 1.165) is 0 Å². The Balaban J connectivity index is 3.34. The van der Waals surface area contributed by atoms with Gasteiger partial charge in [-0.25, -0.2) is 0 Å². The van der Waals surface area contributed by atoms with Crippen molar-refractivity contribution in [2.75, 3.05) is 13.1 Å². The Morgan fingerprint density at radius 2 is 1.45 bits per heavy atom. The van der Waals surface area contributed by atoms with Crippen LogP contribution in [0.15, 0.2) is 0 Å². The first-order valence-electron chi connectivity index (χ1n) is 5.07. The normalized spacial score (nSPS) is 12.0. The van der Waals surface area contributed by atoms with Gasteiger partial charge < -0.3 is 4.57 Å². The molecule has 0 amide bonds. The molecule has 0 rings (SSSR count). The van der Waals surface area contributed by atoms with Crippen molar-refractivity contribution in [3.63, 3.8) is 0 Å². The molecule has 0 spiro atoms. The fraction of sp³-hybridized carbons (Fsp3) is 1.00. The van der Waals surface area contributed by atoms with Crippen molar-refractivity contribution in [2.45, 2.75) is 46.1 Å². The van der Waals surface area contributed by atoms with Gasteiger partial charge in [-0.05, 0) is 25.9 Å². The second kappa shape index (κ2) is 8.28. The Labute approximate surface area is 74.1 Å². The number of rotatable bonds is 7. The van der Waals surface area contributed by atoms with Gasteiger partial charge in [-0.2, -0.15) is 0 Å². The maximum atomic E-state index is 2.71. The van der Waals surface area contributed by atoms with Crippen LogP contribution in [0.2, 0.25) is 6.04 Å². The summed E-state index contributed by atoms with van der Waals surface area (Å²) in [5.41, 5.74) is 0. The first kappa shape index (κ1) is 11.2. The topological polar surface area (TPSA) is 3.24 Å². The van der Waals surface area contributed by atoms with E-state index in [1.165, 1.54) is 38.4 Å². The molecular formula is C9H23NSi. The first-order valence-corrected chi connectivity index (χ1v) is 6.70. The molecule has 68 valence electrons. The highest BCUT2D eigenvalue weighted by Gasteiger charge is 2.00. The molecule has 0 bridgehead atoms. The molecule has 0 heterocycles. The molecule has 0 saturated carbocycles. The van der Waals surface area contributed by atoms with Crippen LogP contribution in [0.25, 0.3) is 0 Å². The second-order valence-corrected chi connectivity index (χ2v) is 5.24. The van der Waals surface area contributed by atoms with Gasteiger partial charge in [-0.1, -0.05) is 33.2 Å². The van der Waals surface area contributed by atoms with Crippen molar-refractivity contribution >= 4 is 9.68 Å². The maximum Gasteiger partial charge on any atom is 0.0950 e. The molecule has 0 radical (unpaired) electrons. The van der Waals surface area contributed by atoms with Crippen molar-refractivity contribution in [2.24, 2.45) is 0 Å². The van der Waals surface area contributed by atoms with Crippen LogP contribution in [-0.2, 0) is 0 Å². The average molecular weight is 173 g/mol. The van der Waals surface area contributed by atoms with Crippen LogP contribution in [0, 0.1) is 0 Å². The van der Waals surface area contributed by atoms with Crippen molar-refractivity contribution in [1.29, 1.82) is 0 Å². The summed E-state index contributed by atoms with van der Waals surface area (Å²) in [6.07, 6.45) is 4.05. The summed E-state index contributed by atoms with van der Waals surface area (Å²) in [5.74, 6) is 0. The maximum absolute atomic E-state index is 2.71. The highest BCUT2D eigenvalue weighted by atomic mass is 28.2. The van der Waals surface area contributed by atoms with Crippen molar-refractivity contribution in [3.05, 3.63) is 0 Å². The van der Waals surface area contributed by atoms with Crippen LogP contribution in [-0.4, -0.2) is 27.3 Å². The van der Waals surface area contributed by atoms with Crippen LogP contribution in [0.3, 0.4) is 0 Å². The third kappa shape index (κ3) is 6.57. The minimum atomic E-state index is 0.137. The van der Waals surface area contributed by atoms with E-state index in [0.29, 0.717) is 0 Å². The molecule has 0 aromatic carbocycles. The molecule has 0 saturated heterocycles. The van der Waals surface area contributed by atoms with E-state index in [2.05, 4.69) is 25.3 Å². The van der Waals surface area contributed by atoms with Gasteiger partial charge in [0.05, 0.1) is 9.68 Å². The highest BCUT2D eigenvalue weighted by Crippen LogP contribution is 1.96. The summed E-state index contributed by atoms with van der Waals surface area (Å²) < 4.78 is 2.71. The average Bonchev–Trinajstić information content (AvgIpc) is 2.01. The molecule has 0 aromatic heterocycles. The molecule has 0 aliphatic heterocycles. The third-order valence-electron chi connectivity index (χ3n) is 1.91. The van der Waals surface area contributed by atoms with E-state index >= 15 is 0 Å². The Kier molecular flexibility index (Phi) is 8.41. The second-order valence-electron chi connectivity index (χ2n) is 3.20. The van der Waals surface area contributed by atoms with Crippen LogP contribution in [0.5, 0.6) is 0 Å². The Morgan fingerprint density at radius 1 is 0.909 bits per heavy atom. The molecule has 0 N–H and O–H groups in total. The molecule has 0 aromatic rings. The number of hydrogen-bond acceptors (Lipinski definition) is 1. The van der Waals surface area contributed by atoms with Crippen molar-refractivity contribution in [1.82, 2.24) is 4.57 Å². The molecule has 11 heavy (non-hydrogen) atoms. The first-order chi connectivity index (χ1) is 5.35. The van der Waals surface area contributed by atoms with E-state index in [9.17, 15) is 0 Å². The fourth-order valence-corrected chi connectivity index (χ4v) is 3.19. The minimum absolute atomic E-state index is 0.137. The van der Waals surface area contributed by atoms with E-state index < -0.39 is 0 Å². The van der Waals surface area contributed by atoms with Crippen LogP contribution >= 0.6 is 0 Å². The third-order valence-corrected chi connectivity index (χ3v) is 4.20. The van der Waals surface area contributed by atoms with E-state index in [4.69, 9.17) is 0 Å². The summed E-state index contributed by atoms with van der Waals surface area (Å²) in [5, 5.41) is 0. The zero-order valence-electron chi connectivity index (χ0n) is 8.40. The van der Waals surface area contributed by atoms with E-state index in [1.807, 2.05) is 0 Å². The summed E-state index contributed by atoms with van der Waals surface area (Å²) in [6.45, 7) is 9.55. The predicted octanol–water partition coefficient (Wildman–Crippen LogP) is 2.02. The van der Waals surface area contributed by atoms with Gasteiger partial charge in [-0.15, -0.1) is 0 Å². The lowest BCUT2D eigenvalue weighted by Crippen LogP contribution is -2.29. The van der Waals surface area contributed by atoms with Gasteiger partial charge in [0.25, 0.3) is 0 Å². The fourth-order valence-electron chi connectivity index (χ4n) is 1.35. The zero-order valence-corrected chi connectivity index (χ0v) is 9.81. The molecule has 0 fully saturated rings. The Morgan fingerprint density at radius 3 is 1.82 bits per heavy atom. The predicted molar refractivity (Wildman–Crippen MR) is 55.8 cm³/mol. The van der Waals surface area contributed by atoms with Gasteiger partial charge in [-0.3, -0.25) is 0 Å². The number of nitrogens with zero attached hydrogens (tertiary/aromatic N) is 1. The Bertz CT molecular complexity index is 70.0. The lowest BCUT2D eigenvalue weighted by atomic mass is 10.4. The SMILES string of the molecule is CCC[SiH2]N(CCC)CCC. The van der Waals surface area contributed by atoms with Gasteiger partial charge >= 0.3 is 0 Å². The van der Waals surface area contributed by atoms with Crippen LogP contribution in [0.1, 0.15) is 40.0 Å². The summed E-state index contributed by atoms with van der Waals surface area (Å²) >= 11 is 0. The smallest absolute Gasteiger partial charge is 0.0950 e. The summed E-state index contributed by atoms with van der Waals surface area (Å²) in [6, 6.07) is 1.50. The quantitative estimate of drug-likeness (QED) is 0.532. The van der Waals surface area contributed by atoms with Gasteiger partial charge in [0.1, 0.15) is 0 Å². The molecule has 0 aliphatic carbocycles. The molecular weight excluding hydrogens is 150 g/mol. The largest absolute Gasteiger partial charge is 0.329 e. The summed E-state index contributed by atoms with van der Waals surface area (Å²) in [7, 11) is 0.137. The lowest BCUT2D eigenvalue weighted by molar-refractivity contribution is 0.439. The lowest BCUT2D eigenvalue weighted by Gasteiger charge is -2.19. The molecule has 0 unspecified atom stereocenters. The van der Waals surface area contributed by atoms with Crippen molar-refractivity contribution < 1.29 is 0 Å². The van der Waals surface area contributed by atoms with Crippen LogP contribution in [0.4, 0.5) is 0 Å². The van der Waals surface area contributed by atoms with E-state index in [1.54, 1.807) is 0 Å². The van der Waals surface area contributed by atoms with Gasteiger partial charge in [0.15, 0.2) is 0 Å². The molecule has 0 aliphatic rings. The monoisotopic (exact) mass is 173 g/mol. The van der Waals surface area contributed by atoms with Gasteiger partial charge in [0.2, 0.25) is 0 Å².